The van der Waals surface area contributed by atoms with Crippen LogP contribution in [0.25, 0.3) is 5.57 Å². The van der Waals surface area contributed by atoms with E-state index in [1.807, 2.05) is 54.6 Å². The van der Waals surface area contributed by atoms with Gasteiger partial charge in [-0.25, -0.2) is 0 Å². The smallest absolute Gasteiger partial charge is 0.317 e. The van der Waals surface area contributed by atoms with Crippen molar-refractivity contribution < 1.29 is 14.3 Å². The Morgan fingerprint density at radius 1 is 1.12 bits per heavy atom. The van der Waals surface area contributed by atoms with Gasteiger partial charge in [0.2, 0.25) is 0 Å². The molecule has 128 valence electrons. The van der Waals surface area contributed by atoms with Gasteiger partial charge in [0.25, 0.3) is 0 Å². The first-order valence-corrected chi connectivity index (χ1v) is 9.11. The van der Waals surface area contributed by atoms with Gasteiger partial charge in [0.15, 0.2) is 5.78 Å². The highest BCUT2D eigenvalue weighted by molar-refractivity contribution is 9.10. The fourth-order valence-corrected chi connectivity index (χ4v) is 3.52. The van der Waals surface area contributed by atoms with Gasteiger partial charge in [-0.1, -0.05) is 58.4 Å². The standard InChI is InChI=1S/C21H19BrO3/c1-2-25-21(24)20-18(15-8-10-17(22)11-9-15)12-16(13-19(20)23)14-6-4-3-5-7-14/h3-11,13,18,20H,2,12H2,1H3/t18-,20+/m1/s1. The summed E-state index contributed by atoms with van der Waals surface area (Å²) in [6.07, 6.45) is 2.23. The molecule has 0 aliphatic heterocycles. The maximum absolute atomic E-state index is 12.8. The molecule has 0 heterocycles. The summed E-state index contributed by atoms with van der Waals surface area (Å²) in [7, 11) is 0. The zero-order chi connectivity index (χ0) is 17.8. The molecule has 0 fully saturated rings. The Morgan fingerprint density at radius 3 is 2.44 bits per heavy atom. The van der Waals surface area contributed by atoms with Gasteiger partial charge in [-0.3, -0.25) is 9.59 Å². The van der Waals surface area contributed by atoms with Crippen LogP contribution in [-0.2, 0) is 14.3 Å². The molecule has 25 heavy (non-hydrogen) atoms. The number of rotatable bonds is 4. The fraction of sp³-hybridized carbons (Fsp3) is 0.238. The summed E-state index contributed by atoms with van der Waals surface area (Å²) in [5.74, 6) is -1.63. The quantitative estimate of drug-likeness (QED) is 0.550. The summed E-state index contributed by atoms with van der Waals surface area (Å²) in [5, 5.41) is 0. The molecule has 0 amide bonds. The first kappa shape index (κ1) is 17.6. The van der Waals surface area contributed by atoms with Crippen molar-refractivity contribution in [2.24, 2.45) is 5.92 Å². The van der Waals surface area contributed by atoms with Crippen molar-refractivity contribution in [3.63, 3.8) is 0 Å². The Morgan fingerprint density at radius 2 is 1.80 bits per heavy atom. The average molecular weight is 399 g/mol. The van der Waals surface area contributed by atoms with Crippen LogP contribution in [0.15, 0.2) is 65.1 Å². The lowest BCUT2D eigenvalue weighted by molar-refractivity contribution is -0.151. The Kier molecular flexibility index (Phi) is 5.49. The minimum absolute atomic E-state index is 0.184. The Bertz CT molecular complexity index is 794. The highest BCUT2D eigenvalue weighted by Gasteiger charge is 2.39. The topological polar surface area (TPSA) is 43.4 Å². The lowest BCUT2D eigenvalue weighted by Gasteiger charge is -2.29. The molecule has 1 aliphatic carbocycles. The van der Waals surface area contributed by atoms with Gasteiger partial charge in [0.05, 0.1) is 6.61 Å². The minimum Gasteiger partial charge on any atom is -0.465 e. The number of halogens is 1. The third kappa shape index (κ3) is 3.90. The number of hydrogen-bond acceptors (Lipinski definition) is 3. The van der Waals surface area contributed by atoms with Crippen LogP contribution in [0.1, 0.15) is 30.4 Å². The third-order valence-electron chi connectivity index (χ3n) is 4.45. The predicted octanol–water partition coefficient (Wildman–Crippen LogP) is 4.77. The van der Waals surface area contributed by atoms with Gasteiger partial charge < -0.3 is 4.74 Å². The zero-order valence-electron chi connectivity index (χ0n) is 13.9. The van der Waals surface area contributed by atoms with E-state index >= 15 is 0 Å². The minimum atomic E-state index is -0.784. The van der Waals surface area contributed by atoms with E-state index < -0.39 is 11.9 Å². The van der Waals surface area contributed by atoms with Crippen LogP contribution in [0.3, 0.4) is 0 Å². The predicted molar refractivity (Wildman–Crippen MR) is 101 cm³/mol. The number of allylic oxidation sites excluding steroid dienone is 2. The molecule has 3 rings (SSSR count). The van der Waals surface area contributed by atoms with Crippen molar-refractivity contribution in [3.05, 3.63) is 76.3 Å². The SMILES string of the molecule is CCOC(=O)[C@@H]1C(=O)C=C(c2ccccc2)C[C@@H]1c1ccc(Br)cc1. The molecule has 4 heteroatoms. The van der Waals surface area contributed by atoms with Crippen LogP contribution in [0, 0.1) is 5.92 Å². The van der Waals surface area contributed by atoms with E-state index in [0.29, 0.717) is 6.42 Å². The molecule has 2 aromatic rings. The number of esters is 1. The van der Waals surface area contributed by atoms with E-state index in [-0.39, 0.29) is 18.3 Å². The molecule has 3 nitrogen and oxygen atoms in total. The monoisotopic (exact) mass is 398 g/mol. The van der Waals surface area contributed by atoms with E-state index in [1.54, 1.807) is 13.0 Å². The molecule has 0 saturated carbocycles. The normalized spacial score (nSPS) is 20.1. The number of hydrogen-bond donors (Lipinski definition) is 0. The van der Waals surface area contributed by atoms with Crippen molar-refractivity contribution in [1.29, 1.82) is 0 Å². The van der Waals surface area contributed by atoms with Crippen LogP contribution >= 0.6 is 15.9 Å². The summed E-state index contributed by atoms with van der Waals surface area (Å²) in [6.45, 7) is 2.02. The van der Waals surface area contributed by atoms with Crippen molar-refractivity contribution in [1.82, 2.24) is 0 Å². The van der Waals surface area contributed by atoms with Crippen molar-refractivity contribution in [2.45, 2.75) is 19.3 Å². The number of ketones is 1. The Hall–Kier alpha value is -2.20. The van der Waals surface area contributed by atoms with Crippen LogP contribution in [0.5, 0.6) is 0 Å². The van der Waals surface area contributed by atoms with E-state index in [1.165, 1.54) is 0 Å². The molecule has 0 N–H and O–H groups in total. The second-order valence-electron chi connectivity index (χ2n) is 6.03. The van der Waals surface area contributed by atoms with Crippen LogP contribution in [-0.4, -0.2) is 18.4 Å². The van der Waals surface area contributed by atoms with Crippen molar-refractivity contribution in [3.8, 4) is 0 Å². The molecular formula is C21H19BrO3. The third-order valence-corrected chi connectivity index (χ3v) is 4.98. The largest absolute Gasteiger partial charge is 0.465 e. The maximum atomic E-state index is 12.8. The highest BCUT2D eigenvalue weighted by atomic mass is 79.9. The van der Waals surface area contributed by atoms with Gasteiger partial charge in [0, 0.05) is 10.4 Å². The molecule has 0 bridgehead atoms. The van der Waals surface area contributed by atoms with Crippen molar-refractivity contribution in [2.75, 3.05) is 6.61 Å². The van der Waals surface area contributed by atoms with Crippen molar-refractivity contribution >= 4 is 33.3 Å². The molecule has 2 atom stereocenters. The van der Waals surface area contributed by atoms with E-state index in [9.17, 15) is 9.59 Å². The van der Waals surface area contributed by atoms with E-state index in [2.05, 4.69) is 15.9 Å². The molecule has 0 radical (unpaired) electrons. The average Bonchev–Trinajstić information content (AvgIpc) is 2.62. The number of carbonyl (C=O) groups is 2. The van der Waals surface area contributed by atoms with Crippen LogP contribution in [0.4, 0.5) is 0 Å². The summed E-state index contributed by atoms with van der Waals surface area (Å²) in [6, 6.07) is 17.6. The van der Waals surface area contributed by atoms with Gasteiger partial charge in [-0.15, -0.1) is 0 Å². The highest BCUT2D eigenvalue weighted by Crippen LogP contribution is 2.40. The van der Waals surface area contributed by atoms with Gasteiger partial charge in [-0.2, -0.15) is 0 Å². The summed E-state index contributed by atoms with van der Waals surface area (Å²) < 4.78 is 6.13. The maximum Gasteiger partial charge on any atom is 0.317 e. The summed E-state index contributed by atoms with van der Waals surface area (Å²) in [4.78, 5) is 25.2. The number of ether oxygens (including phenoxy) is 1. The lowest BCUT2D eigenvalue weighted by Crippen LogP contribution is -2.34. The fourth-order valence-electron chi connectivity index (χ4n) is 3.26. The molecule has 0 saturated heterocycles. The Labute approximate surface area is 155 Å². The van der Waals surface area contributed by atoms with Crippen LogP contribution < -0.4 is 0 Å². The molecule has 2 aromatic carbocycles. The molecule has 0 unspecified atom stereocenters. The number of benzene rings is 2. The molecule has 1 aliphatic rings. The molecule has 0 spiro atoms. The second-order valence-corrected chi connectivity index (χ2v) is 6.95. The van der Waals surface area contributed by atoms with Gasteiger partial charge >= 0.3 is 5.97 Å². The first-order valence-electron chi connectivity index (χ1n) is 8.32. The molecule has 0 aromatic heterocycles. The Balaban J connectivity index is 2.01. The van der Waals surface area contributed by atoms with Gasteiger partial charge in [0.1, 0.15) is 5.92 Å². The van der Waals surface area contributed by atoms with E-state index in [4.69, 9.17) is 4.74 Å². The lowest BCUT2D eigenvalue weighted by atomic mass is 9.73. The summed E-state index contributed by atoms with van der Waals surface area (Å²) in [5.41, 5.74) is 2.94. The molecular weight excluding hydrogens is 380 g/mol. The second kappa shape index (κ2) is 7.79. The van der Waals surface area contributed by atoms with Gasteiger partial charge in [-0.05, 0) is 48.3 Å². The van der Waals surface area contributed by atoms with E-state index in [0.717, 1.165) is 21.2 Å². The first-order chi connectivity index (χ1) is 12.1. The number of carbonyl (C=O) groups excluding carboxylic acids is 2. The summed E-state index contributed by atoms with van der Waals surface area (Å²) >= 11 is 3.43. The zero-order valence-corrected chi connectivity index (χ0v) is 15.5. The van der Waals surface area contributed by atoms with Crippen LogP contribution in [0.2, 0.25) is 0 Å².